The third-order valence-electron chi connectivity index (χ3n) is 5.97. The minimum Gasteiger partial charge on any atom is -0.396 e. The Balaban J connectivity index is 1.40. The van der Waals surface area contributed by atoms with E-state index in [2.05, 4.69) is 35.2 Å². The van der Waals surface area contributed by atoms with Crippen LogP contribution in [0.4, 0.5) is 0 Å². The lowest BCUT2D eigenvalue weighted by Gasteiger charge is -2.43. The first kappa shape index (κ1) is 17.9. The maximum atomic E-state index is 10.0. The van der Waals surface area contributed by atoms with Crippen LogP contribution in [0.5, 0.6) is 0 Å². The normalized spacial score (nSPS) is 24.8. The van der Waals surface area contributed by atoms with Gasteiger partial charge >= 0.3 is 0 Å². The summed E-state index contributed by atoms with van der Waals surface area (Å²) < 4.78 is 5.92. The van der Waals surface area contributed by atoms with Crippen molar-refractivity contribution in [3.63, 3.8) is 0 Å². The molecule has 2 fully saturated rings. The largest absolute Gasteiger partial charge is 0.396 e. The molecule has 3 heteroatoms. The monoisotopic (exact) mass is 331 g/mol. The zero-order valence-electron chi connectivity index (χ0n) is 15.0. The number of ether oxygens (including phenoxy) is 1. The highest BCUT2D eigenvalue weighted by Gasteiger charge is 2.36. The van der Waals surface area contributed by atoms with Gasteiger partial charge in [0.1, 0.15) is 0 Å². The molecule has 1 atom stereocenters. The molecule has 0 bridgehead atoms. The van der Waals surface area contributed by atoms with E-state index in [9.17, 15) is 5.11 Å². The van der Waals surface area contributed by atoms with Crippen molar-refractivity contribution in [2.45, 2.75) is 57.5 Å². The van der Waals surface area contributed by atoms with Crippen LogP contribution >= 0.6 is 0 Å². The molecule has 3 nitrogen and oxygen atoms in total. The van der Waals surface area contributed by atoms with Gasteiger partial charge in [-0.2, -0.15) is 0 Å². The van der Waals surface area contributed by atoms with Gasteiger partial charge in [0.15, 0.2) is 0 Å². The third kappa shape index (κ3) is 5.05. The molecule has 2 aliphatic heterocycles. The first-order valence-electron chi connectivity index (χ1n) is 9.78. The summed E-state index contributed by atoms with van der Waals surface area (Å²) in [6, 6.07) is 10.8. The molecule has 2 saturated heterocycles. The first-order chi connectivity index (χ1) is 11.8. The van der Waals surface area contributed by atoms with Crippen molar-refractivity contribution in [2.24, 2.45) is 5.41 Å². The summed E-state index contributed by atoms with van der Waals surface area (Å²) in [5.74, 6) is 0. The average molecular weight is 332 g/mol. The predicted molar refractivity (Wildman–Crippen MR) is 98.2 cm³/mol. The summed E-state index contributed by atoms with van der Waals surface area (Å²) in [4.78, 5) is 2.58. The summed E-state index contributed by atoms with van der Waals surface area (Å²) in [5.41, 5.74) is 1.55. The number of hydrogen-bond donors (Lipinski definition) is 1. The van der Waals surface area contributed by atoms with Gasteiger partial charge in [-0.3, -0.25) is 0 Å². The van der Waals surface area contributed by atoms with Gasteiger partial charge in [0.25, 0.3) is 0 Å². The molecule has 24 heavy (non-hydrogen) atoms. The molecule has 0 amide bonds. The van der Waals surface area contributed by atoms with Gasteiger partial charge in [0.2, 0.25) is 0 Å². The van der Waals surface area contributed by atoms with Crippen molar-refractivity contribution in [3.8, 4) is 0 Å². The molecule has 3 rings (SSSR count). The van der Waals surface area contributed by atoms with Crippen molar-refractivity contribution >= 4 is 0 Å². The summed E-state index contributed by atoms with van der Waals surface area (Å²) >= 11 is 0. The lowest BCUT2D eigenvalue weighted by molar-refractivity contribution is -0.0479. The minimum atomic E-state index is 0.109. The van der Waals surface area contributed by atoms with Crippen LogP contribution in [-0.4, -0.2) is 49.0 Å². The maximum absolute atomic E-state index is 10.0. The number of hydrogen-bond acceptors (Lipinski definition) is 3. The average Bonchev–Trinajstić information content (AvgIpc) is 2.65. The number of aliphatic hydroxyl groups excluding tert-OH is 1. The van der Waals surface area contributed by atoms with E-state index in [1.807, 2.05) is 0 Å². The topological polar surface area (TPSA) is 32.7 Å². The van der Waals surface area contributed by atoms with Crippen LogP contribution in [0.2, 0.25) is 0 Å². The van der Waals surface area contributed by atoms with E-state index in [4.69, 9.17) is 4.74 Å². The molecule has 2 aliphatic rings. The van der Waals surface area contributed by atoms with Crippen LogP contribution in [0.25, 0.3) is 0 Å². The second kappa shape index (κ2) is 8.98. The Bertz CT molecular complexity index is 462. The predicted octanol–water partition coefficient (Wildman–Crippen LogP) is 3.65. The highest BCUT2D eigenvalue weighted by Crippen LogP contribution is 2.38. The van der Waals surface area contributed by atoms with Crippen LogP contribution in [0, 0.1) is 5.41 Å². The molecule has 0 aliphatic carbocycles. The molecule has 1 aromatic rings. The lowest BCUT2D eigenvalue weighted by atomic mass is 9.74. The number of likely N-dealkylation sites (tertiary alicyclic amines) is 1. The Hall–Kier alpha value is -0.900. The lowest BCUT2D eigenvalue weighted by Crippen LogP contribution is -2.44. The van der Waals surface area contributed by atoms with Crippen molar-refractivity contribution in [2.75, 3.05) is 32.8 Å². The fourth-order valence-electron chi connectivity index (χ4n) is 4.28. The molecule has 1 unspecified atom stereocenters. The van der Waals surface area contributed by atoms with Crippen LogP contribution in [0.3, 0.4) is 0 Å². The molecular formula is C21H33NO2. The Labute approximate surface area is 147 Å². The second-order valence-corrected chi connectivity index (χ2v) is 7.78. The van der Waals surface area contributed by atoms with Gasteiger partial charge < -0.3 is 14.7 Å². The number of aliphatic hydroxyl groups is 1. The third-order valence-corrected chi connectivity index (χ3v) is 5.97. The quantitative estimate of drug-likeness (QED) is 0.828. The van der Waals surface area contributed by atoms with E-state index in [-0.39, 0.29) is 5.41 Å². The number of rotatable bonds is 7. The molecule has 134 valence electrons. The maximum Gasteiger partial charge on any atom is 0.0581 e. The first-order valence-corrected chi connectivity index (χ1v) is 9.78. The standard InChI is InChI=1S/C21H33NO2/c23-18-21(17-20-10-4-5-16-24-20)11-14-22(15-12-21)13-6-9-19-7-2-1-3-8-19/h1-3,7-8,20,23H,4-6,9-18H2. The SMILES string of the molecule is OCC1(CC2CCCCO2)CCN(CCCc2ccccc2)CC1. The van der Waals surface area contributed by atoms with Gasteiger partial charge in [0, 0.05) is 13.2 Å². The van der Waals surface area contributed by atoms with Crippen LogP contribution < -0.4 is 0 Å². The highest BCUT2D eigenvalue weighted by molar-refractivity contribution is 5.14. The molecule has 1 aromatic carbocycles. The number of aryl methyl sites for hydroxylation is 1. The van der Waals surface area contributed by atoms with Crippen molar-refractivity contribution in [1.29, 1.82) is 0 Å². The molecule has 0 saturated carbocycles. The van der Waals surface area contributed by atoms with E-state index < -0.39 is 0 Å². The Morgan fingerprint density at radius 2 is 1.92 bits per heavy atom. The van der Waals surface area contributed by atoms with Crippen molar-refractivity contribution in [3.05, 3.63) is 35.9 Å². The Morgan fingerprint density at radius 1 is 1.12 bits per heavy atom. The fraction of sp³-hybridized carbons (Fsp3) is 0.714. The van der Waals surface area contributed by atoms with Crippen molar-refractivity contribution in [1.82, 2.24) is 4.90 Å². The molecule has 0 spiro atoms. The van der Waals surface area contributed by atoms with Crippen LogP contribution in [0.1, 0.15) is 50.5 Å². The highest BCUT2D eigenvalue weighted by atomic mass is 16.5. The molecule has 0 radical (unpaired) electrons. The van der Waals surface area contributed by atoms with E-state index >= 15 is 0 Å². The summed E-state index contributed by atoms with van der Waals surface area (Å²) in [6.45, 7) is 4.67. The second-order valence-electron chi connectivity index (χ2n) is 7.78. The zero-order valence-corrected chi connectivity index (χ0v) is 15.0. The molecule has 0 aromatic heterocycles. The minimum absolute atomic E-state index is 0.109. The van der Waals surface area contributed by atoms with Gasteiger partial charge in [-0.1, -0.05) is 30.3 Å². The summed E-state index contributed by atoms with van der Waals surface area (Å²) in [7, 11) is 0. The molecule has 2 heterocycles. The number of nitrogens with zero attached hydrogens (tertiary/aromatic N) is 1. The molecule has 1 N–H and O–H groups in total. The van der Waals surface area contributed by atoms with E-state index in [1.54, 1.807) is 0 Å². The number of piperidine rings is 1. The summed E-state index contributed by atoms with van der Waals surface area (Å²) in [5, 5.41) is 10.0. The van der Waals surface area contributed by atoms with Gasteiger partial charge in [-0.15, -0.1) is 0 Å². The number of benzene rings is 1. The van der Waals surface area contributed by atoms with E-state index in [1.165, 1.54) is 44.2 Å². The Kier molecular flexibility index (Phi) is 6.70. The molecular weight excluding hydrogens is 298 g/mol. The van der Waals surface area contributed by atoms with E-state index in [0.717, 1.165) is 39.0 Å². The van der Waals surface area contributed by atoms with Gasteiger partial charge in [-0.25, -0.2) is 0 Å². The smallest absolute Gasteiger partial charge is 0.0581 e. The van der Waals surface area contributed by atoms with E-state index in [0.29, 0.717) is 12.7 Å². The van der Waals surface area contributed by atoms with Crippen LogP contribution in [0.15, 0.2) is 30.3 Å². The fourth-order valence-corrected chi connectivity index (χ4v) is 4.28. The van der Waals surface area contributed by atoms with Gasteiger partial charge in [-0.05, 0) is 82.0 Å². The van der Waals surface area contributed by atoms with Crippen molar-refractivity contribution < 1.29 is 9.84 Å². The van der Waals surface area contributed by atoms with Gasteiger partial charge in [0.05, 0.1) is 6.10 Å². The Morgan fingerprint density at radius 3 is 2.58 bits per heavy atom. The summed E-state index contributed by atoms with van der Waals surface area (Å²) in [6.07, 6.45) is 9.75. The van der Waals surface area contributed by atoms with Crippen LogP contribution in [-0.2, 0) is 11.2 Å². The zero-order chi connectivity index (χ0) is 16.7.